The van der Waals surface area contributed by atoms with Gasteiger partial charge in [0.25, 0.3) is 5.91 Å². The Morgan fingerprint density at radius 3 is 2.81 bits per heavy atom. The third-order valence-electron chi connectivity index (χ3n) is 4.20. The maximum Gasteiger partial charge on any atom is 0.273 e. The summed E-state index contributed by atoms with van der Waals surface area (Å²) < 4.78 is 6.02. The molecule has 110 valence electrons. The molecule has 0 radical (unpaired) electrons. The number of rotatable bonds is 4. The molecule has 2 aromatic rings. The van der Waals surface area contributed by atoms with E-state index >= 15 is 0 Å². The summed E-state index contributed by atoms with van der Waals surface area (Å²) in [5, 5.41) is 6.75. The minimum Gasteiger partial charge on any atom is -0.361 e. The molecular formula is C16H17BrN2O2. The van der Waals surface area contributed by atoms with E-state index in [4.69, 9.17) is 4.52 Å². The normalized spacial score (nSPS) is 16.3. The van der Waals surface area contributed by atoms with Crippen LogP contribution in [0.2, 0.25) is 0 Å². The molecule has 1 amide bonds. The van der Waals surface area contributed by atoms with Crippen LogP contribution in [-0.2, 0) is 5.41 Å². The van der Waals surface area contributed by atoms with Crippen molar-refractivity contribution in [1.82, 2.24) is 10.5 Å². The van der Waals surface area contributed by atoms with E-state index in [0.29, 0.717) is 18.0 Å². The van der Waals surface area contributed by atoms with E-state index in [-0.39, 0.29) is 11.3 Å². The zero-order valence-corrected chi connectivity index (χ0v) is 13.4. The van der Waals surface area contributed by atoms with Crippen LogP contribution in [0.5, 0.6) is 0 Å². The maximum absolute atomic E-state index is 12.1. The Morgan fingerprint density at radius 2 is 2.24 bits per heavy atom. The molecule has 0 spiro atoms. The predicted octanol–water partition coefficient (Wildman–Crippen LogP) is 3.60. The lowest BCUT2D eigenvalue weighted by Crippen LogP contribution is -2.45. The fourth-order valence-electron chi connectivity index (χ4n) is 2.80. The standard InChI is InChI=1S/C16H17BrN2O2/c1-11-8-14(19-21-11)15(20)18-10-16(6-3-7-16)12-4-2-5-13(17)9-12/h2,4-5,8-9H,3,6-7,10H2,1H3,(H,18,20). The Hall–Kier alpha value is -1.62. The van der Waals surface area contributed by atoms with Gasteiger partial charge >= 0.3 is 0 Å². The molecule has 3 rings (SSSR count). The minimum absolute atomic E-state index is 0.0538. The molecule has 1 aromatic heterocycles. The van der Waals surface area contributed by atoms with Crippen LogP contribution in [0.4, 0.5) is 0 Å². The topological polar surface area (TPSA) is 55.1 Å². The predicted molar refractivity (Wildman–Crippen MR) is 83.2 cm³/mol. The lowest BCUT2D eigenvalue weighted by molar-refractivity contribution is 0.0918. The highest BCUT2D eigenvalue weighted by molar-refractivity contribution is 9.10. The third-order valence-corrected chi connectivity index (χ3v) is 4.69. The second-order valence-electron chi connectivity index (χ2n) is 5.65. The number of halogens is 1. The summed E-state index contributed by atoms with van der Waals surface area (Å²) in [4.78, 5) is 12.1. The number of nitrogens with one attached hydrogen (secondary N) is 1. The summed E-state index contributed by atoms with van der Waals surface area (Å²) >= 11 is 3.52. The number of aryl methyl sites for hydroxylation is 1. The van der Waals surface area contributed by atoms with Crippen molar-refractivity contribution in [1.29, 1.82) is 0 Å². The smallest absolute Gasteiger partial charge is 0.273 e. The first-order valence-corrected chi connectivity index (χ1v) is 7.86. The van der Waals surface area contributed by atoms with Crippen molar-refractivity contribution in [3.05, 3.63) is 51.8 Å². The summed E-state index contributed by atoms with van der Waals surface area (Å²) in [6.45, 7) is 2.41. The summed E-state index contributed by atoms with van der Waals surface area (Å²) in [7, 11) is 0. The average molecular weight is 349 g/mol. The van der Waals surface area contributed by atoms with Gasteiger partial charge in [0.05, 0.1) is 0 Å². The van der Waals surface area contributed by atoms with Gasteiger partial charge in [-0.05, 0) is 37.5 Å². The fraction of sp³-hybridized carbons (Fsp3) is 0.375. The number of hydrogen-bond acceptors (Lipinski definition) is 3. The van der Waals surface area contributed by atoms with Gasteiger partial charge in [-0.25, -0.2) is 0 Å². The Bertz CT molecular complexity index is 662. The molecule has 1 N–H and O–H groups in total. The molecule has 21 heavy (non-hydrogen) atoms. The quantitative estimate of drug-likeness (QED) is 0.918. The Kier molecular flexibility index (Phi) is 3.85. The van der Waals surface area contributed by atoms with Gasteiger partial charge in [0.1, 0.15) is 5.76 Å². The van der Waals surface area contributed by atoms with E-state index in [1.807, 2.05) is 12.1 Å². The van der Waals surface area contributed by atoms with Gasteiger partial charge in [-0.3, -0.25) is 4.79 Å². The van der Waals surface area contributed by atoms with Crippen LogP contribution in [-0.4, -0.2) is 17.6 Å². The number of nitrogens with zero attached hydrogens (tertiary/aromatic N) is 1. The second kappa shape index (κ2) is 5.64. The molecule has 1 aliphatic carbocycles. The van der Waals surface area contributed by atoms with Crippen molar-refractivity contribution >= 4 is 21.8 Å². The maximum atomic E-state index is 12.1. The number of carbonyl (C=O) groups is 1. The van der Waals surface area contributed by atoms with Crippen molar-refractivity contribution in [2.45, 2.75) is 31.6 Å². The Morgan fingerprint density at radius 1 is 1.43 bits per heavy atom. The van der Waals surface area contributed by atoms with Crippen molar-refractivity contribution in [3.8, 4) is 0 Å². The summed E-state index contributed by atoms with van der Waals surface area (Å²) in [6, 6.07) is 10.00. The zero-order valence-electron chi connectivity index (χ0n) is 11.9. The highest BCUT2D eigenvalue weighted by atomic mass is 79.9. The van der Waals surface area contributed by atoms with Crippen LogP contribution in [0, 0.1) is 6.92 Å². The number of benzene rings is 1. The largest absolute Gasteiger partial charge is 0.361 e. The van der Waals surface area contributed by atoms with Crippen molar-refractivity contribution in [2.75, 3.05) is 6.54 Å². The number of aromatic nitrogens is 1. The molecule has 0 unspecified atom stereocenters. The lowest BCUT2D eigenvalue weighted by atomic mass is 9.64. The SMILES string of the molecule is Cc1cc(C(=O)NCC2(c3cccc(Br)c3)CCC2)no1. The molecule has 0 bridgehead atoms. The van der Waals surface area contributed by atoms with Crippen LogP contribution in [0.25, 0.3) is 0 Å². The molecular weight excluding hydrogens is 332 g/mol. The van der Waals surface area contributed by atoms with Crippen molar-refractivity contribution in [3.63, 3.8) is 0 Å². The first-order valence-electron chi connectivity index (χ1n) is 7.07. The van der Waals surface area contributed by atoms with E-state index < -0.39 is 0 Å². The molecule has 1 aliphatic rings. The zero-order chi connectivity index (χ0) is 14.9. The van der Waals surface area contributed by atoms with Gasteiger partial charge in [0, 0.05) is 22.5 Å². The second-order valence-corrected chi connectivity index (χ2v) is 6.57. The summed E-state index contributed by atoms with van der Waals surface area (Å²) in [6.07, 6.45) is 3.40. The molecule has 1 saturated carbocycles. The fourth-order valence-corrected chi connectivity index (χ4v) is 3.20. The van der Waals surface area contributed by atoms with Crippen LogP contribution in [0.1, 0.15) is 41.1 Å². The highest BCUT2D eigenvalue weighted by Gasteiger charge is 2.39. The van der Waals surface area contributed by atoms with Crippen LogP contribution in [0.15, 0.2) is 39.3 Å². The van der Waals surface area contributed by atoms with Crippen molar-refractivity contribution < 1.29 is 9.32 Å². The lowest BCUT2D eigenvalue weighted by Gasteiger charge is -2.42. The van der Waals surface area contributed by atoms with Gasteiger partial charge in [-0.15, -0.1) is 0 Å². The molecule has 1 aromatic carbocycles. The number of amides is 1. The van der Waals surface area contributed by atoms with Crippen LogP contribution in [0.3, 0.4) is 0 Å². The van der Waals surface area contributed by atoms with E-state index in [2.05, 4.69) is 38.5 Å². The Labute approximate surface area is 132 Å². The molecule has 4 nitrogen and oxygen atoms in total. The number of hydrogen-bond donors (Lipinski definition) is 1. The number of carbonyl (C=O) groups excluding carboxylic acids is 1. The molecule has 1 heterocycles. The summed E-state index contributed by atoms with van der Waals surface area (Å²) in [5.41, 5.74) is 1.68. The van der Waals surface area contributed by atoms with Gasteiger partial charge in [-0.2, -0.15) is 0 Å². The average Bonchev–Trinajstić information content (AvgIpc) is 2.84. The molecule has 0 saturated heterocycles. The Balaban J connectivity index is 1.72. The van der Waals surface area contributed by atoms with Gasteiger partial charge < -0.3 is 9.84 Å². The van der Waals surface area contributed by atoms with Crippen molar-refractivity contribution in [2.24, 2.45) is 0 Å². The summed E-state index contributed by atoms with van der Waals surface area (Å²) in [5.74, 6) is 0.471. The minimum atomic E-state index is -0.173. The van der Waals surface area contributed by atoms with Crippen LogP contribution < -0.4 is 5.32 Å². The van der Waals surface area contributed by atoms with E-state index in [0.717, 1.165) is 17.3 Å². The molecule has 0 atom stereocenters. The monoisotopic (exact) mass is 348 g/mol. The van der Waals surface area contributed by atoms with E-state index in [1.165, 1.54) is 12.0 Å². The van der Waals surface area contributed by atoms with E-state index in [1.54, 1.807) is 13.0 Å². The highest BCUT2D eigenvalue weighted by Crippen LogP contribution is 2.43. The molecule has 5 heteroatoms. The van der Waals surface area contributed by atoms with Gasteiger partial charge in [0.15, 0.2) is 5.69 Å². The first-order chi connectivity index (χ1) is 10.1. The van der Waals surface area contributed by atoms with E-state index in [9.17, 15) is 4.79 Å². The van der Waals surface area contributed by atoms with Crippen LogP contribution >= 0.6 is 15.9 Å². The van der Waals surface area contributed by atoms with Gasteiger partial charge in [0.2, 0.25) is 0 Å². The third kappa shape index (κ3) is 2.88. The molecule has 1 fully saturated rings. The first kappa shape index (κ1) is 14.3. The van der Waals surface area contributed by atoms with Gasteiger partial charge in [-0.1, -0.05) is 39.6 Å². The molecule has 0 aliphatic heterocycles.